The summed E-state index contributed by atoms with van der Waals surface area (Å²) in [6.45, 7) is 3.35. The summed E-state index contributed by atoms with van der Waals surface area (Å²) in [7, 11) is 0. The van der Waals surface area contributed by atoms with Crippen molar-refractivity contribution in [1.29, 1.82) is 0 Å². The van der Waals surface area contributed by atoms with Gasteiger partial charge in [-0.05, 0) is 30.7 Å². The molecule has 2 atom stereocenters. The lowest BCUT2D eigenvalue weighted by atomic mass is 9.91. The van der Waals surface area contributed by atoms with Crippen molar-refractivity contribution < 1.29 is 14.7 Å². The summed E-state index contributed by atoms with van der Waals surface area (Å²) in [4.78, 5) is 25.5. The van der Waals surface area contributed by atoms with Crippen molar-refractivity contribution in [1.82, 2.24) is 4.90 Å². The Hall–Kier alpha value is -1.84. The third kappa shape index (κ3) is 4.06. The van der Waals surface area contributed by atoms with Crippen LogP contribution in [0.15, 0.2) is 30.3 Å². The zero-order chi connectivity index (χ0) is 15.2. The lowest BCUT2D eigenvalue weighted by Crippen LogP contribution is -2.42. The molecule has 1 aromatic rings. The highest BCUT2D eigenvalue weighted by Gasteiger charge is 2.29. The number of carbonyl (C=O) groups is 2. The van der Waals surface area contributed by atoms with Crippen LogP contribution in [0.1, 0.15) is 44.1 Å². The second-order valence-electron chi connectivity index (χ2n) is 5.76. The third-order valence-corrected chi connectivity index (χ3v) is 4.20. The van der Waals surface area contributed by atoms with Crippen LogP contribution in [0.25, 0.3) is 0 Å². The topological polar surface area (TPSA) is 57.6 Å². The quantitative estimate of drug-likeness (QED) is 0.906. The van der Waals surface area contributed by atoms with Gasteiger partial charge in [0.1, 0.15) is 0 Å². The van der Waals surface area contributed by atoms with E-state index in [0.717, 1.165) is 31.4 Å². The van der Waals surface area contributed by atoms with E-state index in [4.69, 9.17) is 5.11 Å². The Bertz CT molecular complexity index is 486. The minimum atomic E-state index is -0.774. The summed E-state index contributed by atoms with van der Waals surface area (Å²) in [5, 5.41) is 8.92. The molecule has 1 aromatic carbocycles. The molecule has 2 unspecified atom stereocenters. The molecule has 4 heteroatoms. The van der Waals surface area contributed by atoms with Gasteiger partial charge in [-0.15, -0.1) is 0 Å². The molecule has 0 bridgehead atoms. The van der Waals surface area contributed by atoms with Crippen LogP contribution >= 0.6 is 0 Å². The Kier molecular flexibility index (Phi) is 5.37. The molecule has 4 nitrogen and oxygen atoms in total. The molecular formula is C17H23NO3. The first kappa shape index (κ1) is 15.5. The van der Waals surface area contributed by atoms with Gasteiger partial charge in [-0.2, -0.15) is 0 Å². The second-order valence-corrected chi connectivity index (χ2v) is 5.76. The standard InChI is InChI=1S/C17H23NO3/c1-2-15(14-8-4-3-5-9-14)17(21)18-10-6-7-13(12-18)11-16(19)20/h3-5,8-9,13,15H,2,6-7,10-12H2,1H3,(H,19,20). The molecule has 1 fully saturated rings. The Morgan fingerprint density at radius 3 is 2.67 bits per heavy atom. The van der Waals surface area contributed by atoms with E-state index >= 15 is 0 Å². The molecule has 1 aliphatic rings. The Morgan fingerprint density at radius 1 is 1.33 bits per heavy atom. The van der Waals surface area contributed by atoms with Crippen molar-refractivity contribution in [2.24, 2.45) is 5.92 Å². The van der Waals surface area contributed by atoms with E-state index in [1.165, 1.54) is 0 Å². The molecule has 2 rings (SSSR count). The second kappa shape index (κ2) is 7.25. The molecule has 0 saturated carbocycles. The van der Waals surface area contributed by atoms with Gasteiger partial charge in [-0.3, -0.25) is 9.59 Å². The fraction of sp³-hybridized carbons (Fsp3) is 0.529. The van der Waals surface area contributed by atoms with E-state index in [1.54, 1.807) is 0 Å². The molecule has 21 heavy (non-hydrogen) atoms. The van der Waals surface area contributed by atoms with Gasteiger partial charge in [0, 0.05) is 19.5 Å². The van der Waals surface area contributed by atoms with Crippen molar-refractivity contribution in [2.75, 3.05) is 13.1 Å². The summed E-state index contributed by atoms with van der Waals surface area (Å²) in [5.74, 6) is -0.661. The minimum absolute atomic E-state index is 0.0912. The number of hydrogen-bond donors (Lipinski definition) is 1. The van der Waals surface area contributed by atoms with Gasteiger partial charge in [-0.25, -0.2) is 0 Å². The molecule has 1 saturated heterocycles. The zero-order valence-electron chi connectivity index (χ0n) is 12.5. The SMILES string of the molecule is CCC(C(=O)N1CCCC(CC(=O)O)C1)c1ccccc1. The normalized spacial score (nSPS) is 20.0. The fourth-order valence-corrected chi connectivity index (χ4v) is 3.14. The van der Waals surface area contributed by atoms with Crippen molar-refractivity contribution in [3.05, 3.63) is 35.9 Å². The number of aliphatic carboxylic acids is 1. The molecular weight excluding hydrogens is 266 g/mol. The van der Waals surface area contributed by atoms with Crippen molar-refractivity contribution >= 4 is 11.9 Å². The smallest absolute Gasteiger partial charge is 0.303 e. The molecule has 114 valence electrons. The van der Waals surface area contributed by atoms with Gasteiger partial charge in [0.15, 0.2) is 0 Å². The monoisotopic (exact) mass is 289 g/mol. The number of amides is 1. The third-order valence-electron chi connectivity index (χ3n) is 4.20. The van der Waals surface area contributed by atoms with E-state index in [2.05, 4.69) is 0 Å². The van der Waals surface area contributed by atoms with Gasteiger partial charge in [0.05, 0.1) is 5.92 Å². The first-order chi connectivity index (χ1) is 10.1. The van der Waals surface area contributed by atoms with E-state index in [0.29, 0.717) is 6.54 Å². The molecule has 1 heterocycles. The average Bonchev–Trinajstić information content (AvgIpc) is 2.48. The van der Waals surface area contributed by atoms with Gasteiger partial charge >= 0.3 is 5.97 Å². The molecule has 0 radical (unpaired) electrons. The number of piperidine rings is 1. The summed E-state index contributed by atoms with van der Waals surface area (Å²) < 4.78 is 0. The zero-order valence-corrected chi connectivity index (χ0v) is 12.5. The maximum absolute atomic E-state index is 12.7. The van der Waals surface area contributed by atoms with E-state index < -0.39 is 5.97 Å². The van der Waals surface area contributed by atoms with Crippen molar-refractivity contribution in [3.63, 3.8) is 0 Å². The lowest BCUT2D eigenvalue weighted by molar-refractivity contribution is -0.141. The number of nitrogens with zero attached hydrogens (tertiary/aromatic N) is 1. The van der Waals surface area contributed by atoms with Crippen LogP contribution in [0.2, 0.25) is 0 Å². The number of carboxylic acids is 1. The van der Waals surface area contributed by atoms with Crippen LogP contribution in [0, 0.1) is 5.92 Å². The largest absolute Gasteiger partial charge is 0.481 e. The lowest BCUT2D eigenvalue weighted by Gasteiger charge is -2.34. The highest BCUT2D eigenvalue weighted by Crippen LogP contribution is 2.26. The van der Waals surface area contributed by atoms with Crippen LogP contribution in [-0.4, -0.2) is 35.0 Å². The predicted molar refractivity (Wildman–Crippen MR) is 81.0 cm³/mol. The molecule has 0 spiro atoms. The Labute approximate surface area is 125 Å². The molecule has 1 N–H and O–H groups in total. The van der Waals surface area contributed by atoms with Crippen LogP contribution in [0.4, 0.5) is 0 Å². The van der Waals surface area contributed by atoms with Gasteiger partial charge in [0.2, 0.25) is 5.91 Å². The van der Waals surface area contributed by atoms with Gasteiger partial charge < -0.3 is 10.0 Å². The molecule has 1 amide bonds. The summed E-state index contributed by atoms with van der Waals surface area (Å²) in [5.41, 5.74) is 1.05. The Balaban J connectivity index is 2.05. The number of carboxylic acid groups (broad SMARTS) is 1. The molecule has 0 aromatic heterocycles. The molecule has 1 aliphatic heterocycles. The number of carbonyl (C=O) groups excluding carboxylic acids is 1. The fourth-order valence-electron chi connectivity index (χ4n) is 3.14. The summed E-state index contributed by atoms with van der Waals surface area (Å²) in [6, 6.07) is 9.84. The van der Waals surface area contributed by atoms with Crippen molar-refractivity contribution in [2.45, 2.75) is 38.5 Å². The minimum Gasteiger partial charge on any atom is -0.481 e. The van der Waals surface area contributed by atoms with E-state index in [9.17, 15) is 9.59 Å². The maximum Gasteiger partial charge on any atom is 0.303 e. The molecule has 0 aliphatic carbocycles. The first-order valence-corrected chi connectivity index (χ1v) is 7.67. The van der Waals surface area contributed by atoms with Crippen LogP contribution in [-0.2, 0) is 9.59 Å². The highest BCUT2D eigenvalue weighted by atomic mass is 16.4. The van der Waals surface area contributed by atoms with Crippen molar-refractivity contribution in [3.8, 4) is 0 Å². The predicted octanol–water partition coefficient (Wildman–Crippen LogP) is 2.89. The average molecular weight is 289 g/mol. The van der Waals surface area contributed by atoms with Crippen LogP contribution in [0.3, 0.4) is 0 Å². The number of hydrogen-bond acceptors (Lipinski definition) is 2. The summed E-state index contributed by atoms with van der Waals surface area (Å²) >= 11 is 0. The van der Waals surface area contributed by atoms with E-state index in [-0.39, 0.29) is 24.2 Å². The van der Waals surface area contributed by atoms with Crippen LogP contribution < -0.4 is 0 Å². The van der Waals surface area contributed by atoms with Crippen LogP contribution in [0.5, 0.6) is 0 Å². The number of likely N-dealkylation sites (tertiary alicyclic amines) is 1. The Morgan fingerprint density at radius 2 is 2.05 bits per heavy atom. The maximum atomic E-state index is 12.7. The first-order valence-electron chi connectivity index (χ1n) is 7.67. The number of benzene rings is 1. The summed E-state index contributed by atoms with van der Waals surface area (Å²) in [6.07, 6.45) is 2.72. The highest BCUT2D eigenvalue weighted by molar-refractivity contribution is 5.83. The van der Waals surface area contributed by atoms with E-state index in [1.807, 2.05) is 42.2 Å². The van der Waals surface area contributed by atoms with Gasteiger partial charge in [-0.1, -0.05) is 37.3 Å². The number of rotatable bonds is 5. The van der Waals surface area contributed by atoms with Gasteiger partial charge in [0.25, 0.3) is 0 Å².